The summed E-state index contributed by atoms with van der Waals surface area (Å²) in [5, 5.41) is 10.6. The van der Waals surface area contributed by atoms with E-state index in [1.807, 2.05) is 0 Å². The molecule has 4 rings (SSSR count). The van der Waals surface area contributed by atoms with Crippen molar-refractivity contribution >= 4 is 32.7 Å². The van der Waals surface area contributed by atoms with Crippen LogP contribution < -0.4 is 4.72 Å². The van der Waals surface area contributed by atoms with Crippen LogP contribution in [0.4, 0.5) is 14.5 Å². The van der Waals surface area contributed by atoms with E-state index in [1.165, 1.54) is 42.7 Å². The number of aromatic nitrogens is 2. The first-order chi connectivity index (χ1) is 16.5. The Morgan fingerprint density at radius 2 is 1.77 bits per heavy atom. The molecule has 35 heavy (non-hydrogen) atoms. The van der Waals surface area contributed by atoms with Crippen molar-refractivity contribution in [1.82, 2.24) is 14.9 Å². The van der Waals surface area contributed by atoms with E-state index in [9.17, 15) is 27.1 Å². The number of benzene rings is 2. The van der Waals surface area contributed by atoms with E-state index >= 15 is 0 Å². The monoisotopic (exact) mass is 504 g/mol. The van der Waals surface area contributed by atoms with Gasteiger partial charge in [-0.25, -0.2) is 17.2 Å². The molecule has 0 spiro atoms. The number of halogens is 2. The third-order valence-electron chi connectivity index (χ3n) is 6.15. The number of rotatable bonds is 7. The largest absolute Gasteiger partial charge is 0.390 e. The van der Waals surface area contributed by atoms with Crippen LogP contribution in [-0.4, -0.2) is 58.9 Å². The highest BCUT2D eigenvalue weighted by Crippen LogP contribution is 2.32. The molecule has 2 heterocycles. The van der Waals surface area contributed by atoms with Gasteiger partial charge in [0.05, 0.1) is 11.1 Å². The molecule has 1 aliphatic heterocycles. The van der Waals surface area contributed by atoms with Crippen LogP contribution in [0.2, 0.25) is 0 Å². The number of para-hydroxylation sites is 1. The zero-order chi connectivity index (χ0) is 25.3. The number of sulfonamides is 1. The minimum atomic E-state index is -3.95. The molecule has 1 saturated heterocycles. The summed E-state index contributed by atoms with van der Waals surface area (Å²) in [4.78, 5) is 22.7. The smallest absolute Gasteiger partial charge is 0.264 e. The summed E-state index contributed by atoms with van der Waals surface area (Å²) in [6, 6.07) is 10.7. The van der Waals surface area contributed by atoms with Gasteiger partial charge < -0.3 is 10.0 Å². The Kier molecular flexibility index (Phi) is 6.74. The van der Waals surface area contributed by atoms with Gasteiger partial charge in [-0.15, -0.1) is 0 Å². The number of fused-ring (bicyclic) bond motifs is 1. The highest BCUT2D eigenvalue weighted by molar-refractivity contribution is 7.93. The molecule has 3 aromatic rings. The number of anilines is 1. The molecule has 186 valence electrons. The summed E-state index contributed by atoms with van der Waals surface area (Å²) < 4.78 is 54.7. The Balaban J connectivity index is 1.41. The van der Waals surface area contributed by atoms with Gasteiger partial charge in [0.25, 0.3) is 15.9 Å². The Morgan fingerprint density at radius 1 is 1.11 bits per heavy atom. The quantitative estimate of drug-likeness (QED) is 0.506. The van der Waals surface area contributed by atoms with E-state index in [1.54, 1.807) is 17.0 Å². The molecule has 0 atom stereocenters. The molecule has 0 saturated carbocycles. The van der Waals surface area contributed by atoms with Crippen molar-refractivity contribution < 1.29 is 27.1 Å². The van der Waals surface area contributed by atoms with Crippen LogP contribution in [0.15, 0.2) is 59.8 Å². The fourth-order valence-corrected chi connectivity index (χ4v) is 5.31. The number of aliphatic hydroxyl groups is 1. The lowest BCUT2D eigenvalue weighted by Crippen LogP contribution is -2.47. The maximum atomic E-state index is 13.2. The number of alkyl halides is 2. The lowest BCUT2D eigenvalue weighted by atomic mass is 9.86. The van der Waals surface area contributed by atoms with E-state index < -0.39 is 28.0 Å². The van der Waals surface area contributed by atoms with Crippen LogP contribution in [0.5, 0.6) is 0 Å². The predicted octanol–water partition coefficient (Wildman–Crippen LogP) is 3.83. The average molecular weight is 505 g/mol. The van der Waals surface area contributed by atoms with Crippen LogP contribution in [-0.2, 0) is 10.0 Å². The molecule has 0 bridgehead atoms. The second kappa shape index (κ2) is 9.46. The van der Waals surface area contributed by atoms with E-state index in [2.05, 4.69) is 14.7 Å². The number of amides is 1. The Morgan fingerprint density at radius 3 is 2.43 bits per heavy atom. The molecule has 0 aliphatic carbocycles. The highest BCUT2D eigenvalue weighted by atomic mass is 32.2. The van der Waals surface area contributed by atoms with Gasteiger partial charge in [-0.05, 0) is 62.6 Å². The Labute approximate surface area is 202 Å². The summed E-state index contributed by atoms with van der Waals surface area (Å²) in [6.45, 7) is 1.33. The van der Waals surface area contributed by atoms with Gasteiger partial charge in [0.2, 0.25) is 5.92 Å². The first-order valence-electron chi connectivity index (χ1n) is 11.2. The normalized spacial score (nSPS) is 16.3. The van der Waals surface area contributed by atoms with E-state index in [-0.39, 0.29) is 54.4 Å². The van der Waals surface area contributed by atoms with Crippen molar-refractivity contribution in [2.24, 2.45) is 0 Å². The average Bonchev–Trinajstić information content (AvgIpc) is 2.82. The minimum Gasteiger partial charge on any atom is -0.390 e. The van der Waals surface area contributed by atoms with Crippen molar-refractivity contribution in [2.75, 3.05) is 17.8 Å². The Hall–Kier alpha value is -3.18. The molecule has 0 unspecified atom stereocenters. The number of likely N-dealkylation sites (tertiary alicyclic amines) is 1. The third kappa shape index (κ3) is 5.91. The van der Waals surface area contributed by atoms with E-state index in [0.717, 1.165) is 6.92 Å². The molecular weight excluding hydrogens is 478 g/mol. The standard InChI is InChI=1S/C24H26F2N4O4S/c1-23(25,26)9-10-24(32)11-15-30(16-12-24)22(31)17-5-7-18(8-6-17)29-35(33,34)20-4-2-3-19-21(20)28-14-13-27-19/h2-8,13-14,29,32H,9-12,15-16H2,1H3. The number of carbonyl (C=O) groups excluding carboxylic acids is 1. The van der Waals surface area contributed by atoms with Crippen molar-refractivity contribution in [3.63, 3.8) is 0 Å². The maximum absolute atomic E-state index is 13.2. The molecule has 1 fully saturated rings. The minimum absolute atomic E-state index is 0.00936. The molecule has 1 aromatic heterocycles. The Bertz CT molecular complexity index is 1310. The second-order valence-corrected chi connectivity index (χ2v) is 10.6. The maximum Gasteiger partial charge on any atom is 0.264 e. The van der Waals surface area contributed by atoms with Gasteiger partial charge in [-0.2, -0.15) is 0 Å². The summed E-state index contributed by atoms with van der Waals surface area (Å²) in [7, 11) is -3.95. The molecule has 0 radical (unpaired) electrons. The van der Waals surface area contributed by atoms with Crippen molar-refractivity contribution in [2.45, 2.75) is 49.0 Å². The number of nitrogens with zero attached hydrogens (tertiary/aromatic N) is 3. The van der Waals surface area contributed by atoms with Crippen LogP contribution in [0.1, 0.15) is 43.0 Å². The van der Waals surface area contributed by atoms with Gasteiger partial charge in [-0.1, -0.05) is 6.07 Å². The van der Waals surface area contributed by atoms with Gasteiger partial charge >= 0.3 is 0 Å². The SMILES string of the molecule is CC(F)(F)CCC1(O)CCN(C(=O)c2ccc(NS(=O)(=O)c3cccc4nccnc34)cc2)CC1. The second-order valence-electron chi connectivity index (χ2n) is 8.95. The first kappa shape index (κ1) is 24.9. The van der Waals surface area contributed by atoms with Crippen molar-refractivity contribution in [1.29, 1.82) is 0 Å². The zero-order valence-electron chi connectivity index (χ0n) is 19.1. The first-order valence-corrected chi connectivity index (χ1v) is 12.7. The molecule has 2 aromatic carbocycles. The van der Waals surface area contributed by atoms with E-state index in [0.29, 0.717) is 11.1 Å². The predicted molar refractivity (Wildman–Crippen MR) is 127 cm³/mol. The van der Waals surface area contributed by atoms with Crippen LogP contribution in [0, 0.1) is 0 Å². The molecule has 1 amide bonds. The van der Waals surface area contributed by atoms with Crippen LogP contribution in [0.3, 0.4) is 0 Å². The zero-order valence-corrected chi connectivity index (χ0v) is 19.9. The van der Waals surface area contributed by atoms with Gasteiger partial charge in [0.1, 0.15) is 10.4 Å². The van der Waals surface area contributed by atoms with Crippen LogP contribution in [0.25, 0.3) is 11.0 Å². The summed E-state index contributed by atoms with van der Waals surface area (Å²) in [5.74, 6) is -3.11. The number of hydrogen-bond donors (Lipinski definition) is 2. The molecular formula is C24H26F2N4O4S. The fourth-order valence-electron chi connectivity index (χ4n) is 4.08. The topological polar surface area (TPSA) is 112 Å². The van der Waals surface area contributed by atoms with Gasteiger partial charge in [0.15, 0.2) is 0 Å². The summed E-state index contributed by atoms with van der Waals surface area (Å²) in [6.07, 6.45) is 2.92. The molecule has 11 heteroatoms. The number of carbonyl (C=O) groups is 1. The number of piperidine rings is 1. The lowest BCUT2D eigenvalue weighted by Gasteiger charge is -2.38. The fraction of sp³-hybridized carbons (Fsp3) is 0.375. The lowest BCUT2D eigenvalue weighted by molar-refractivity contribution is -0.0570. The van der Waals surface area contributed by atoms with Crippen molar-refractivity contribution in [3.8, 4) is 0 Å². The van der Waals surface area contributed by atoms with Crippen LogP contribution >= 0.6 is 0 Å². The molecule has 2 N–H and O–H groups in total. The number of nitrogens with one attached hydrogen (secondary N) is 1. The summed E-state index contributed by atoms with van der Waals surface area (Å²) in [5.41, 5.74) is 0.130. The van der Waals surface area contributed by atoms with E-state index in [4.69, 9.17) is 0 Å². The third-order valence-corrected chi connectivity index (χ3v) is 7.56. The van der Waals surface area contributed by atoms with Crippen molar-refractivity contribution in [3.05, 3.63) is 60.4 Å². The summed E-state index contributed by atoms with van der Waals surface area (Å²) >= 11 is 0. The highest BCUT2D eigenvalue weighted by Gasteiger charge is 2.36. The number of hydrogen-bond acceptors (Lipinski definition) is 6. The van der Waals surface area contributed by atoms with Gasteiger partial charge in [0, 0.05) is 43.2 Å². The molecule has 8 nitrogen and oxygen atoms in total. The van der Waals surface area contributed by atoms with Gasteiger partial charge in [-0.3, -0.25) is 19.5 Å². The molecule has 1 aliphatic rings.